The zero-order valence-electron chi connectivity index (χ0n) is 11.1. The van der Waals surface area contributed by atoms with E-state index in [2.05, 4.69) is 10.1 Å². The number of nitrogens with one attached hydrogen (secondary N) is 1. The van der Waals surface area contributed by atoms with E-state index in [-0.39, 0.29) is 12.6 Å². The van der Waals surface area contributed by atoms with Crippen molar-refractivity contribution in [3.63, 3.8) is 0 Å². The first-order valence-electron chi connectivity index (χ1n) is 6.23. The molecule has 0 fully saturated rings. The molecule has 0 radical (unpaired) electrons. The Morgan fingerprint density at radius 2 is 2.21 bits per heavy atom. The molecule has 2 aromatic rings. The van der Waals surface area contributed by atoms with Crippen molar-refractivity contribution in [1.29, 1.82) is 0 Å². The molecule has 0 saturated carbocycles. The number of hydrogen-bond acceptors (Lipinski definition) is 4. The van der Waals surface area contributed by atoms with Crippen LogP contribution in [0.25, 0.3) is 11.0 Å². The Morgan fingerprint density at radius 3 is 2.89 bits per heavy atom. The van der Waals surface area contributed by atoms with Gasteiger partial charge in [-0.15, -0.1) is 0 Å². The van der Waals surface area contributed by atoms with Gasteiger partial charge < -0.3 is 20.2 Å². The first-order chi connectivity index (χ1) is 9.09. The molecule has 1 amide bonds. The van der Waals surface area contributed by atoms with Crippen molar-refractivity contribution < 1.29 is 13.9 Å². The van der Waals surface area contributed by atoms with Crippen LogP contribution in [0.4, 0.5) is 4.79 Å². The van der Waals surface area contributed by atoms with Crippen molar-refractivity contribution in [1.82, 2.24) is 5.32 Å². The molecule has 0 aliphatic heterocycles. The molecule has 0 aliphatic rings. The highest BCUT2D eigenvalue weighted by atomic mass is 16.5. The monoisotopic (exact) mass is 262 g/mol. The van der Waals surface area contributed by atoms with E-state index in [4.69, 9.17) is 10.2 Å². The third-order valence-electron chi connectivity index (χ3n) is 3.07. The van der Waals surface area contributed by atoms with Crippen molar-refractivity contribution in [2.75, 3.05) is 13.2 Å². The summed E-state index contributed by atoms with van der Waals surface area (Å²) in [4.78, 5) is 10.4. The maximum atomic E-state index is 10.4. The fourth-order valence-electron chi connectivity index (χ4n) is 2.13. The molecule has 1 atom stereocenters. The molecule has 0 aliphatic carbocycles. The van der Waals surface area contributed by atoms with E-state index in [9.17, 15) is 4.79 Å². The number of para-hydroxylation sites is 1. The van der Waals surface area contributed by atoms with Crippen LogP contribution in [-0.4, -0.2) is 19.2 Å². The smallest absolute Gasteiger partial charge is 0.404 e. The van der Waals surface area contributed by atoms with Crippen LogP contribution in [0.5, 0.6) is 0 Å². The van der Waals surface area contributed by atoms with Crippen molar-refractivity contribution in [3.8, 4) is 0 Å². The van der Waals surface area contributed by atoms with Gasteiger partial charge in [-0.3, -0.25) is 0 Å². The summed E-state index contributed by atoms with van der Waals surface area (Å²) >= 11 is 0. The number of ether oxygens (including phenoxy) is 1. The van der Waals surface area contributed by atoms with Gasteiger partial charge in [0.05, 0.1) is 6.04 Å². The van der Waals surface area contributed by atoms with Gasteiger partial charge in [-0.25, -0.2) is 4.79 Å². The molecule has 102 valence electrons. The first kappa shape index (κ1) is 13.4. The highest BCUT2D eigenvalue weighted by molar-refractivity contribution is 5.82. The van der Waals surface area contributed by atoms with Crippen molar-refractivity contribution >= 4 is 17.1 Å². The van der Waals surface area contributed by atoms with Crippen molar-refractivity contribution in [2.45, 2.75) is 19.9 Å². The minimum atomic E-state index is -0.755. The number of hydrogen-bond donors (Lipinski definition) is 2. The molecular weight excluding hydrogens is 244 g/mol. The van der Waals surface area contributed by atoms with Crippen LogP contribution in [0, 0.1) is 6.92 Å². The van der Waals surface area contributed by atoms with Crippen molar-refractivity contribution in [2.24, 2.45) is 5.73 Å². The van der Waals surface area contributed by atoms with Gasteiger partial charge in [0.2, 0.25) is 0 Å². The Morgan fingerprint density at radius 1 is 1.47 bits per heavy atom. The highest BCUT2D eigenvalue weighted by Gasteiger charge is 2.15. The minimum absolute atomic E-state index is 0.0453. The molecule has 3 N–H and O–H groups in total. The SMILES string of the molecule is Cc1c(C(C)NCCOC(N)=O)oc2ccccc12. The summed E-state index contributed by atoms with van der Waals surface area (Å²) in [6.45, 7) is 4.83. The molecule has 1 heterocycles. The Labute approximate surface area is 111 Å². The number of rotatable bonds is 5. The van der Waals surface area contributed by atoms with Crippen molar-refractivity contribution in [3.05, 3.63) is 35.6 Å². The standard InChI is InChI=1S/C14H18N2O3/c1-9-11-5-3-4-6-12(11)19-13(9)10(2)16-7-8-18-14(15)17/h3-6,10,16H,7-8H2,1-2H3,(H2,15,17). The number of aryl methyl sites for hydroxylation is 1. The van der Waals surface area contributed by atoms with E-state index < -0.39 is 6.09 Å². The van der Waals surface area contributed by atoms with E-state index >= 15 is 0 Å². The molecule has 0 bridgehead atoms. The second kappa shape index (κ2) is 5.75. The van der Waals surface area contributed by atoms with Gasteiger partial charge in [0.15, 0.2) is 0 Å². The Bertz CT molecular complexity index is 577. The van der Waals surface area contributed by atoms with Gasteiger partial charge in [0, 0.05) is 11.9 Å². The average molecular weight is 262 g/mol. The second-order valence-corrected chi connectivity index (χ2v) is 4.43. The van der Waals surface area contributed by atoms with Crippen LogP contribution in [0.3, 0.4) is 0 Å². The second-order valence-electron chi connectivity index (χ2n) is 4.43. The lowest BCUT2D eigenvalue weighted by molar-refractivity contribution is 0.156. The summed E-state index contributed by atoms with van der Waals surface area (Å²) in [7, 11) is 0. The predicted octanol–water partition coefficient (Wildman–Crippen LogP) is 2.49. The number of amides is 1. The van der Waals surface area contributed by atoms with Crippen LogP contribution < -0.4 is 11.1 Å². The summed E-state index contributed by atoms with van der Waals surface area (Å²) in [6, 6.07) is 7.99. The van der Waals surface area contributed by atoms with Crippen LogP contribution in [-0.2, 0) is 4.74 Å². The number of carbonyl (C=O) groups excluding carboxylic acids is 1. The topological polar surface area (TPSA) is 77.5 Å². The number of carbonyl (C=O) groups is 1. The lowest BCUT2D eigenvalue weighted by atomic mass is 10.1. The lowest BCUT2D eigenvalue weighted by Crippen LogP contribution is -2.26. The fourth-order valence-corrected chi connectivity index (χ4v) is 2.13. The summed E-state index contributed by atoms with van der Waals surface area (Å²) < 4.78 is 10.5. The predicted molar refractivity (Wildman–Crippen MR) is 72.9 cm³/mol. The molecule has 1 unspecified atom stereocenters. The molecule has 1 aromatic carbocycles. The number of nitrogens with two attached hydrogens (primary N) is 1. The van der Waals surface area contributed by atoms with Gasteiger partial charge in [-0.05, 0) is 25.5 Å². The average Bonchev–Trinajstić information content (AvgIpc) is 2.72. The molecule has 5 nitrogen and oxygen atoms in total. The van der Waals surface area contributed by atoms with Gasteiger partial charge >= 0.3 is 6.09 Å². The van der Waals surface area contributed by atoms with Crippen LogP contribution in [0.15, 0.2) is 28.7 Å². The number of benzene rings is 1. The van der Waals surface area contributed by atoms with E-state index in [1.807, 2.05) is 38.1 Å². The number of primary amides is 1. The molecule has 0 saturated heterocycles. The third kappa shape index (κ3) is 3.06. The Kier molecular flexibility index (Phi) is 4.06. The van der Waals surface area contributed by atoms with Gasteiger partial charge in [-0.1, -0.05) is 18.2 Å². The van der Waals surface area contributed by atoms with Crippen LogP contribution in [0.1, 0.15) is 24.3 Å². The zero-order valence-corrected chi connectivity index (χ0v) is 11.1. The third-order valence-corrected chi connectivity index (χ3v) is 3.07. The Balaban J connectivity index is 2.03. The van der Waals surface area contributed by atoms with Gasteiger partial charge in [0.1, 0.15) is 18.0 Å². The maximum Gasteiger partial charge on any atom is 0.404 e. The zero-order chi connectivity index (χ0) is 13.8. The summed E-state index contributed by atoms with van der Waals surface area (Å²) in [5.74, 6) is 0.903. The maximum absolute atomic E-state index is 10.4. The first-order valence-corrected chi connectivity index (χ1v) is 6.23. The van der Waals surface area contributed by atoms with Gasteiger partial charge in [0.25, 0.3) is 0 Å². The van der Waals surface area contributed by atoms with E-state index in [0.717, 1.165) is 22.3 Å². The minimum Gasteiger partial charge on any atom is -0.459 e. The van der Waals surface area contributed by atoms with E-state index in [1.54, 1.807) is 0 Å². The summed E-state index contributed by atoms with van der Waals surface area (Å²) in [6.07, 6.45) is -0.755. The molecule has 2 rings (SSSR count). The summed E-state index contributed by atoms with van der Waals surface area (Å²) in [5, 5.41) is 4.35. The summed E-state index contributed by atoms with van der Waals surface area (Å²) in [5.41, 5.74) is 6.91. The number of fused-ring (bicyclic) bond motifs is 1. The quantitative estimate of drug-likeness (QED) is 0.811. The van der Waals surface area contributed by atoms with Crippen LogP contribution >= 0.6 is 0 Å². The highest BCUT2D eigenvalue weighted by Crippen LogP contribution is 2.28. The molecule has 1 aromatic heterocycles. The van der Waals surface area contributed by atoms with Gasteiger partial charge in [-0.2, -0.15) is 0 Å². The number of furan rings is 1. The Hall–Kier alpha value is -2.01. The fraction of sp³-hybridized carbons (Fsp3) is 0.357. The molecule has 19 heavy (non-hydrogen) atoms. The lowest BCUT2D eigenvalue weighted by Gasteiger charge is -2.12. The van der Waals surface area contributed by atoms with Crippen LogP contribution in [0.2, 0.25) is 0 Å². The van der Waals surface area contributed by atoms with E-state index in [1.165, 1.54) is 0 Å². The van der Waals surface area contributed by atoms with E-state index in [0.29, 0.717) is 6.54 Å². The normalized spacial score (nSPS) is 12.5. The largest absolute Gasteiger partial charge is 0.459 e. The molecule has 0 spiro atoms. The molecular formula is C14H18N2O3. The molecule has 5 heteroatoms.